The zero-order valence-electron chi connectivity index (χ0n) is 13.6. The van der Waals surface area contributed by atoms with E-state index in [4.69, 9.17) is 4.74 Å². The van der Waals surface area contributed by atoms with Gasteiger partial charge in [-0.05, 0) is 6.92 Å². The summed E-state index contributed by atoms with van der Waals surface area (Å²) >= 11 is 0. The van der Waals surface area contributed by atoms with Crippen LogP contribution in [0.3, 0.4) is 0 Å². The maximum Gasteiger partial charge on any atom is 0.329 e. The molecule has 2 aromatic rings. The third-order valence-electron chi connectivity index (χ3n) is 4.15. The molecule has 0 aliphatic carbocycles. The topological polar surface area (TPSA) is 97.2 Å². The molecule has 23 heavy (non-hydrogen) atoms. The summed E-state index contributed by atoms with van der Waals surface area (Å²) in [5.41, 5.74) is -0.129. The predicted octanol–water partition coefficient (Wildman–Crippen LogP) is -0.907. The number of H-pyrrole nitrogens is 1. The van der Waals surface area contributed by atoms with E-state index in [2.05, 4.69) is 27.1 Å². The van der Waals surface area contributed by atoms with Gasteiger partial charge in [0.1, 0.15) is 0 Å². The molecule has 1 fully saturated rings. The van der Waals surface area contributed by atoms with Gasteiger partial charge in [0.05, 0.1) is 13.2 Å². The Kier molecular flexibility index (Phi) is 4.22. The number of aryl methyl sites for hydroxylation is 2. The fourth-order valence-corrected chi connectivity index (χ4v) is 2.87. The number of hydrogen-bond acceptors (Lipinski definition) is 6. The van der Waals surface area contributed by atoms with Crippen LogP contribution >= 0.6 is 0 Å². The number of aromatic nitrogens is 4. The minimum atomic E-state index is -0.464. The number of fused-ring (bicyclic) bond motifs is 1. The maximum atomic E-state index is 12.0. The van der Waals surface area contributed by atoms with Crippen molar-refractivity contribution in [3.8, 4) is 0 Å². The van der Waals surface area contributed by atoms with Crippen LogP contribution in [-0.4, -0.2) is 62.9 Å². The van der Waals surface area contributed by atoms with Crippen molar-refractivity contribution < 1.29 is 4.74 Å². The molecular formula is C14H22N6O3. The van der Waals surface area contributed by atoms with E-state index >= 15 is 0 Å². The van der Waals surface area contributed by atoms with Gasteiger partial charge < -0.3 is 14.6 Å². The molecule has 0 amide bonds. The molecule has 0 aromatic carbocycles. The average Bonchev–Trinajstić information content (AvgIpc) is 2.83. The van der Waals surface area contributed by atoms with E-state index in [0.717, 1.165) is 32.8 Å². The van der Waals surface area contributed by atoms with Crippen molar-refractivity contribution >= 4 is 17.1 Å². The largest absolute Gasteiger partial charge is 0.379 e. The van der Waals surface area contributed by atoms with Crippen molar-refractivity contribution in [2.75, 3.05) is 38.2 Å². The van der Waals surface area contributed by atoms with Crippen molar-refractivity contribution in [1.82, 2.24) is 24.0 Å². The zero-order valence-corrected chi connectivity index (χ0v) is 13.6. The van der Waals surface area contributed by atoms with Crippen LogP contribution in [0, 0.1) is 0 Å². The quantitative estimate of drug-likeness (QED) is 0.757. The van der Waals surface area contributed by atoms with Gasteiger partial charge in [-0.25, -0.2) is 4.79 Å². The predicted molar refractivity (Wildman–Crippen MR) is 86.9 cm³/mol. The number of nitrogens with one attached hydrogen (secondary N) is 2. The summed E-state index contributed by atoms with van der Waals surface area (Å²) in [5.74, 6) is 0.576. The minimum Gasteiger partial charge on any atom is -0.379 e. The van der Waals surface area contributed by atoms with E-state index < -0.39 is 11.2 Å². The van der Waals surface area contributed by atoms with Gasteiger partial charge in [-0.3, -0.25) is 19.2 Å². The summed E-state index contributed by atoms with van der Waals surface area (Å²) in [6.07, 6.45) is 0. The van der Waals surface area contributed by atoms with E-state index in [1.807, 2.05) is 0 Å². The lowest BCUT2D eigenvalue weighted by molar-refractivity contribution is 0.0367. The van der Waals surface area contributed by atoms with Gasteiger partial charge in [-0.15, -0.1) is 0 Å². The van der Waals surface area contributed by atoms with Crippen molar-refractivity contribution in [2.45, 2.75) is 13.0 Å². The molecule has 0 bridgehead atoms. The molecule has 0 radical (unpaired) electrons. The number of ether oxygens (including phenoxy) is 1. The van der Waals surface area contributed by atoms with Crippen LogP contribution < -0.4 is 16.6 Å². The Hall–Kier alpha value is -2.13. The summed E-state index contributed by atoms with van der Waals surface area (Å²) in [5, 5.41) is 3.32. The number of aromatic amines is 1. The van der Waals surface area contributed by atoms with Crippen LogP contribution in [0.4, 0.5) is 5.95 Å². The molecule has 0 spiro atoms. The summed E-state index contributed by atoms with van der Waals surface area (Å²) in [4.78, 5) is 32.7. The normalized spacial score (nSPS) is 17.5. The summed E-state index contributed by atoms with van der Waals surface area (Å²) in [7, 11) is 3.35. The number of imidazole rings is 1. The molecule has 3 rings (SSSR count). The smallest absolute Gasteiger partial charge is 0.329 e. The highest BCUT2D eigenvalue weighted by Gasteiger charge is 2.18. The molecule has 9 heteroatoms. The Labute approximate surface area is 132 Å². The molecule has 1 unspecified atom stereocenters. The lowest BCUT2D eigenvalue weighted by atomic mass is 10.3. The van der Waals surface area contributed by atoms with E-state index in [9.17, 15) is 9.59 Å². The van der Waals surface area contributed by atoms with E-state index in [1.54, 1.807) is 18.7 Å². The van der Waals surface area contributed by atoms with Gasteiger partial charge in [0.2, 0.25) is 5.95 Å². The molecule has 2 aromatic heterocycles. The maximum absolute atomic E-state index is 12.0. The summed E-state index contributed by atoms with van der Waals surface area (Å²) in [6.45, 7) is 6.29. The lowest BCUT2D eigenvalue weighted by Gasteiger charge is -2.29. The van der Waals surface area contributed by atoms with Crippen molar-refractivity contribution in [2.24, 2.45) is 14.1 Å². The molecular weight excluding hydrogens is 300 g/mol. The van der Waals surface area contributed by atoms with Crippen molar-refractivity contribution in [1.29, 1.82) is 0 Å². The highest BCUT2D eigenvalue weighted by atomic mass is 16.5. The second-order valence-electron chi connectivity index (χ2n) is 5.94. The third kappa shape index (κ3) is 3.02. The number of nitrogens with zero attached hydrogens (tertiary/aromatic N) is 4. The fourth-order valence-electron chi connectivity index (χ4n) is 2.87. The van der Waals surface area contributed by atoms with E-state index in [-0.39, 0.29) is 6.04 Å². The first kappa shape index (κ1) is 15.8. The van der Waals surface area contributed by atoms with Gasteiger partial charge in [0.15, 0.2) is 11.2 Å². The molecule has 1 aliphatic heterocycles. The van der Waals surface area contributed by atoms with Crippen molar-refractivity contribution in [3.05, 3.63) is 20.8 Å². The first-order valence-electron chi connectivity index (χ1n) is 7.69. The summed E-state index contributed by atoms with van der Waals surface area (Å²) < 4.78 is 8.37. The SMILES string of the molecule is CC(CN1CCOCC1)Nc1nc2c(c(=O)[nH]c(=O)n2C)n1C. The van der Waals surface area contributed by atoms with Crippen LogP contribution in [0.2, 0.25) is 0 Å². The van der Waals surface area contributed by atoms with Gasteiger partial charge in [0.25, 0.3) is 5.56 Å². The highest BCUT2D eigenvalue weighted by Crippen LogP contribution is 2.14. The van der Waals surface area contributed by atoms with Gasteiger partial charge in [-0.1, -0.05) is 0 Å². The molecule has 3 heterocycles. The molecule has 1 saturated heterocycles. The van der Waals surface area contributed by atoms with E-state index in [1.165, 1.54) is 4.57 Å². The van der Waals surface area contributed by atoms with Crippen molar-refractivity contribution in [3.63, 3.8) is 0 Å². The fraction of sp³-hybridized carbons (Fsp3) is 0.643. The monoisotopic (exact) mass is 322 g/mol. The first-order valence-corrected chi connectivity index (χ1v) is 7.69. The highest BCUT2D eigenvalue weighted by molar-refractivity contribution is 5.73. The molecule has 1 aliphatic rings. The van der Waals surface area contributed by atoms with Crippen LogP contribution in [0.15, 0.2) is 9.59 Å². The zero-order chi connectivity index (χ0) is 16.6. The number of morpholine rings is 1. The Balaban J connectivity index is 1.84. The molecule has 126 valence electrons. The standard InChI is InChI=1S/C14H22N6O3/c1-9(8-20-4-6-23-7-5-20)15-13-16-11-10(18(13)2)12(21)17-14(22)19(11)3/h9H,4-8H2,1-3H3,(H,15,16)(H,17,21,22). The Morgan fingerprint density at radius 1 is 1.26 bits per heavy atom. The third-order valence-corrected chi connectivity index (χ3v) is 4.15. The second-order valence-corrected chi connectivity index (χ2v) is 5.94. The Morgan fingerprint density at radius 2 is 1.96 bits per heavy atom. The van der Waals surface area contributed by atoms with Gasteiger partial charge in [0, 0.05) is 39.8 Å². The van der Waals surface area contributed by atoms with Gasteiger partial charge in [-0.2, -0.15) is 4.98 Å². The van der Waals surface area contributed by atoms with E-state index in [0.29, 0.717) is 17.1 Å². The number of hydrogen-bond donors (Lipinski definition) is 2. The van der Waals surface area contributed by atoms with Crippen LogP contribution in [-0.2, 0) is 18.8 Å². The number of anilines is 1. The lowest BCUT2D eigenvalue weighted by Crippen LogP contribution is -2.42. The molecule has 9 nitrogen and oxygen atoms in total. The first-order chi connectivity index (χ1) is 11.0. The Morgan fingerprint density at radius 3 is 2.65 bits per heavy atom. The molecule has 0 saturated carbocycles. The van der Waals surface area contributed by atoms with Crippen LogP contribution in [0.1, 0.15) is 6.92 Å². The molecule has 1 atom stereocenters. The van der Waals surface area contributed by atoms with Gasteiger partial charge >= 0.3 is 5.69 Å². The van der Waals surface area contributed by atoms with Crippen LogP contribution in [0.25, 0.3) is 11.2 Å². The molecule has 2 N–H and O–H groups in total. The second kappa shape index (κ2) is 6.17. The van der Waals surface area contributed by atoms with Crippen LogP contribution in [0.5, 0.6) is 0 Å². The summed E-state index contributed by atoms with van der Waals surface area (Å²) in [6, 6.07) is 0.153. The Bertz CT molecular complexity index is 814. The average molecular weight is 322 g/mol. The minimum absolute atomic E-state index is 0.153. The number of rotatable bonds is 4.